The maximum atomic E-state index is 2.44. The third-order valence-electron chi connectivity index (χ3n) is 16.3. The van der Waals surface area contributed by atoms with E-state index in [4.69, 9.17) is 0 Å². The van der Waals surface area contributed by atoms with Crippen LogP contribution in [0, 0.1) is 0 Å². The summed E-state index contributed by atoms with van der Waals surface area (Å²) in [6.07, 6.45) is 0. The highest BCUT2D eigenvalue weighted by Gasteiger charge is 2.26. The van der Waals surface area contributed by atoms with E-state index in [1.54, 1.807) is 0 Å². The van der Waals surface area contributed by atoms with E-state index >= 15 is 0 Å². The molecule has 0 saturated heterocycles. The quantitative estimate of drug-likeness (QED) is 0.133. The van der Waals surface area contributed by atoms with Crippen molar-refractivity contribution in [1.29, 1.82) is 0 Å². The monoisotopic (exact) mass is 986 g/mol. The van der Waals surface area contributed by atoms with Crippen LogP contribution in [0.4, 0.5) is 0 Å². The number of rotatable bonds is 8. The van der Waals surface area contributed by atoms with E-state index < -0.39 is 0 Å². The predicted molar refractivity (Wildman–Crippen MR) is 335 cm³/mol. The minimum Gasteiger partial charge on any atom is -0.0622 e. The molecular formula is C78H50. The maximum Gasteiger partial charge on any atom is -0.00139 e. The smallest absolute Gasteiger partial charge is 0.00139 e. The molecule has 0 N–H and O–H groups in total. The summed E-state index contributed by atoms with van der Waals surface area (Å²) in [6, 6.07) is 112. The van der Waals surface area contributed by atoms with Gasteiger partial charge >= 0.3 is 0 Å². The van der Waals surface area contributed by atoms with Gasteiger partial charge in [-0.25, -0.2) is 0 Å². The van der Waals surface area contributed by atoms with Crippen LogP contribution in [0.5, 0.6) is 0 Å². The molecular weight excluding hydrogens is 937 g/mol. The second-order valence-corrected chi connectivity index (χ2v) is 20.6. The van der Waals surface area contributed by atoms with Crippen molar-refractivity contribution in [2.45, 2.75) is 0 Å². The zero-order valence-electron chi connectivity index (χ0n) is 42.9. The van der Waals surface area contributed by atoms with Crippen molar-refractivity contribution in [1.82, 2.24) is 0 Å². The number of fused-ring (bicyclic) bond motifs is 6. The molecule has 0 bridgehead atoms. The molecule has 0 saturated carbocycles. The number of benzene rings is 15. The first-order valence-corrected chi connectivity index (χ1v) is 27.1. The van der Waals surface area contributed by atoms with E-state index in [2.05, 4.69) is 303 Å². The van der Waals surface area contributed by atoms with Gasteiger partial charge in [-0.1, -0.05) is 291 Å². The summed E-state index contributed by atoms with van der Waals surface area (Å²) in [4.78, 5) is 0. The Balaban J connectivity index is 1.03. The molecule has 0 fully saturated rings. The molecule has 0 nitrogen and oxygen atoms in total. The highest BCUT2D eigenvalue weighted by Crippen LogP contribution is 2.54. The highest BCUT2D eigenvalue weighted by molar-refractivity contribution is 6.33. The van der Waals surface area contributed by atoms with Gasteiger partial charge in [-0.3, -0.25) is 0 Å². The van der Waals surface area contributed by atoms with Crippen molar-refractivity contribution in [3.05, 3.63) is 303 Å². The summed E-state index contributed by atoms with van der Waals surface area (Å²) in [5, 5.41) is 14.7. The first-order valence-electron chi connectivity index (χ1n) is 27.1. The van der Waals surface area contributed by atoms with E-state index in [9.17, 15) is 0 Å². The van der Waals surface area contributed by atoms with Crippen LogP contribution in [0.2, 0.25) is 0 Å². The molecule has 78 heavy (non-hydrogen) atoms. The van der Waals surface area contributed by atoms with Gasteiger partial charge in [0.2, 0.25) is 0 Å². The Bertz CT molecular complexity index is 4400. The summed E-state index contributed by atoms with van der Waals surface area (Å²) in [7, 11) is 0. The SMILES string of the molecule is c1ccc(-c2ccc(-c3c4ccccc4c(-c4c5ccccc5c(-c5c6ccccc6c(-c6ccc(-c7ccccc7)cc6)c6cc(-c7ccccc7)ccc56)c5ccccc45)c4ccc(-c5ccccc5)cc34)cc2)cc1. The number of hydrogen-bond acceptors (Lipinski definition) is 0. The van der Waals surface area contributed by atoms with E-state index in [1.807, 2.05) is 0 Å². The first kappa shape index (κ1) is 45.3. The van der Waals surface area contributed by atoms with Crippen molar-refractivity contribution in [2.75, 3.05) is 0 Å². The molecule has 0 heterocycles. The first-order chi connectivity index (χ1) is 38.7. The normalized spacial score (nSPS) is 11.6. The van der Waals surface area contributed by atoms with Crippen molar-refractivity contribution >= 4 is 64.6 Å². The molecule has 15 aromatic rings. The van der Waals surface area contributed by atoms with Crippen LogP contribution in [0.15, 0.2) is 303 Å². The van der Waals surface area contributed by atoms with Crippen molar-refractivity contribution in [3.63, 3.8) is 0 Å². The van der Waals surface area contributed by atoms with Crippen LogP contribution in [0.1, 0.15) is 0 Å². The summed E-state index contributed by atoms with van der Waals surface area (Å²) in [6.45, 7) is 0. The van der Waals surface area contributed by atoms with E-state index in [0.29, 0.717) is 0 Å². The second kappa shape index (κ2) is 18.9. The maximum absolute atomic E-state index is 2.44. The average Bonchev–Trinajstić information content (AvgIpc) is 3.58. The molecule has 0 aromatic heterocycles. The molecule has 0 aliphatic rings. The van der Waals surface area contributed by atoms with Crippen molar-refractivity contribution in [2.24, 2.45) is 0 Å². The molecule has 0 atom stereocenters. The lowest BCUT2D eigenvalue weighted by Crippen LogP contribution is -1.97. The second-order valence-electron chi connectivity index (χ2n) is 20.6. The minimum absolute atomic E-state index is 1.20. The van der Waals surface area contributed by atoms with Crippen LogP contribution < -0.4 is 0 Å². The largest absolute Gasteiger partial charge is 0.0622 e. The fraction of sp³-hybridized carbons (Fsp3) is 0. The lowest BCUT2D eigenvalue weighted by molar-refractivity contribution is 1.61. The van der Waals surface area contributed by atoms with Gasteiger partial charge in [0.15, 0.2) is 0 Å². The van der Waals surface area contributed by atoms with Crippen LogP contribution in [-0.2, 0) is 0 Å². The lowest BCUT2D eigenvalue weighted by Gasteiger charge is -2.24. The van der Waals surface area contributed by atoms with Gasteiger partial charge in [0.05, 0.1) is 0 Å². The van der Waals surface area contributed by atoms with Crippen molar-refractivity contribution in [3.8, 4) is 89.0 Å². The Morgan fingerprint density at radius 3 is 0.551 bits per heavy atom. The molecule has 0 heteroatoms. The fourth-order valence-corrected chi connectivity index (χ4v) is 12.7. The van der Waals surface area contributed by atoms with Crippen LogP contribution in [0.25, 0.3) is 154 Å². The Kier molecular flexibility index (Phi) is 11.0. The van der Waals surface area contributed by atoms with Crippen LogP contribution in [0.3, 0.4) is 0 Å². The summed E-state index contributed by atoms with van der Waals surface area (Å²) < 4.78 is 0. The predicted octanol–water partition coefficient (Wildman–Crippen LogP) is 21.9. The molecule has 0 spiro atoms. The topological polar surface area (TPSA) is 0 Å². The summed E-state index contributed by atoms with van der Waals surface area (Å²) in [5.41, 5.74) is 19.5. The van der Waals surface area contributed by atoms with Gasteiger partial charge in [0.25, 0.3) is 0 Å². The zero-order chi connectivity index (χ0) is 51.5. The van der Waals surface area contributed by atoms with Crippen molar-refractivity contribution < 1.29 is 0 Å². The summed E-state index contributed by atoms with van der Waals surface area (Å²) >= 11 is 0. The molecule has 362 valence electrons. The molecule has 0 radical (unpaired) electrons. The molecule has 0 aliphatic carbocycles. The molecule has 15 rings (SSSR count). The van der Waals surface area contributed by atoms with Gasteiger partial charge in [-0.2, -0.15) is 0 Å². The molecule has 15 aromatic carbocycles. The molecule has 0 amide bonds. The molecule has 0 unspecified atom stereocenters. The Morgan fingerprint density at radius 2 is 0.282 bits per heavy atom. The van der Waals surface area contributed by atoms with E-state index in [0.717, 1.165) is 0 Å². The molecule has 0 aliphatic heterocycles. The van der Waals surface area contributed by atoms with Gasteiger partial charge in [0.1, 0.15) is 0 Å². The third kappa shape index (κ3) is 7.53. The van der Waals surface area contributed by atoms with Crippen LogP contribution >= 0.6 is 0 Å². The third-order valence-corrected chi connectivity index (χ3v) is 16.3. The Morgan fingerprint density at radius 1 is 0.103 bits per heavy atom. The Labute approximate surface area is 454 Å². The van der Waals surface area contributed by atoms with Gasteiger partial charge in [0, 0.05) is 0 Å². The number of hydrogen-bond donors (Lipinski definition) is 0. The zero-order valence-corrected chi connectivity index (χ0v) is 42.9. The van der Waals surface area contributed by atoms with E-state index in [1.165, 1.54) is 154 Å². The van der Waals surface area contributed by atoms with E-state index in [-0.39, 0.29) is 0 Å². The Hall–Kier alpha value is -10.1. The van der Waals surface area contributed by atoms with Gasteiger partial charge in [-0.15, -0.1) is 0 Å². The average molecular weight is 987 g/mol. The van der Waals surface area contributed by atoms with Gasteiger partial charge in [-0.05, 0) is 166 Å². The minimum atomic E-state index is 1.20. The lowest BCUT2D eigenvalue weighted by atomic mass is 9.78. The van der Waals surface area contributed by atoms with Gasteiger partial charge < -0.3 is 0 Å². The highest BCUT2D eigenvalue weighted by atomic mass is 14.3. The van der Waals surface area contributed by atoms with Crippen LogP contribution in [-0.4, -0.2) is 0 Å². The summed E-state index contributed by atoms with van der Waals surface area (Å²) in [5.74, 6) is 0. The fourth-order valence-electron chi connectivity index (χ4n) is 12.7. The standard InChI is InChI=1S/C78H50/c1-5-21-51(22-6-1)55-37-41-57(42-38-55)73-61-29-13-15-31-63(61)77(69-47-45-59(49-71(69)73)53-25-9-3-10-26-53)75-65-33-17-19-35-67(65)76(68-36-20-18-34-66(68)75)78-64-32-16-14-30-62(64)74(58-43-39-56(40-44-58)52-23-7-2-8-24-52)72-50-60(46-48-70(72)78)54-27-11-4-12-28-54/h1-50H.